The first kappa shape index (κ1) is 21.6. The Kier molecular flexibility index (Phi) is 5.49. The molecule has 1 aromatic heterocycles. The molecule has 3 aromatic rings. The highest BCUT2D eigenvalue weighted by molar-refractivity contribution is 7.89. The van der Waals surface area contributed by atoms with E-state index in [1.54, 1.807) is 13.2 Å². The van der Waals surface area contributed by atoms with Crippen molar-refractivity contribution in [3.8, 4) is 5.75 Å². The van der Waals surface area contributed by atoms with Crippen molar-refractivity contribution in [1.29, 1.82) is 0 Å². The number of nitrogens with zero attached hydrogens (tertiary/aromatic N) is 1. The fraction of sp³-hybridized carbons (Fsp3) is 0.182. The van der Waals surface area contributed by atoms with Crippen molar-refractivity contribution >= 4 is 50.1 Å². The molecule has 0 radical (unpaired) electrons. The standard InChI is InChI=1S/C22H21N3O6S/c1-31-14-4-7-20-16(10-14)13(12-25(20)8-2-3-21(26)27)9-18-17-11-15(32(23,29)30)5-6-19(17)24-22(18)28/h4-7,9-12H,2-3,8H2,1H3,(H,24,28)(H,26,27)(H2,23,29,30)/b18-9+. The summed E-state index contributed by atoms with van der Waals surface area (Å²) < 4.78 is 30.8. The van der Waals surface area contributed by atoms with E-state index in [4.69, 9.17) is 15.0 Å². The minimum absolute atomic E-state index is 0.0401. The number of nitrogens with two attached hydrogens (primary N) is 1. The zero-order chi connectivity index (χ0) is 23.0. The Hall–Kier alpha value is -3.63. The van der Waals surface area contributed by atoms with Crippen molar-refractivity contribution in [1.82, 2.24) is 4.57 Å². The quantitative estimate of drug-likeness (QED) is 0.468. The summed E-state index contributed by atoms with van der Waals surface area (Å²) in [5, 5.41) is 17.7. The number of aromatic nitrogens is 1. The van der Waals surface area contributed by atoms with Crippen molar-refractivity contribution < 1.29 is 27.9 Å². The number of carboxylic acids is 1. The number of benzene rings is 2. The third-order valence-corrected chi connectivity index (χ3v) is 6.22. The van der Waals surface area contributed by atoms with E-state index in [9.17, 15) is 18.0 Å². The second kappa shape index (κ2) is 8.13. The fourth-order valence-electron chi connectivity index (χ4n) is 3.77. The summed E-state index contributed by atoms with van der Waals surface area (Å²) in [5.41, 5.74) is 2.82. The highest BCUT2D eigenvalue weighted by Gasteiger charge is 2.26. The number of primary sulfonamides is 1. The molecular formula is C22H21N3O6S. The summed E-state index contributed by atoms with van der Waals surface area (Å²) in [4.78, 5) is 23.5. The van der Waals surface area contributed by atoms with Gasteiger partial charge in [0.2, 0.25) is 10.0 Å². The molecule has 0 saturated carbocycles. The third-order valence-electron chi connectivity index (χ3n) is 5.31. The zero-order valence-corrected chi connectivity index (χ0v) is 18.0. The Balaban J connectivity index is 1.83. The molecule has 4 rings (SSSR count). The number of hydrogen-bond acceptors (Lipinski definition) is 5. The van der Waals surface area contributed by atoms with Gasteiger partial charge in [-0.2, -0.15) is 0 Å². The van der Waals surface area contributed by atoms with Gasteiger partial charge in [0.1, 0.15) is 5.75 Å². The number of aryl methyl sites for hydroxylation is 1. The van der Waals surface area contributed by atoms with Crippen LogP contribution in [0.1, 0.15) is 24.0 Å². The smallest absolute Gasteiger partial charge is 0.303 e. The lowest BCUT2D eigenvalue weighted by Gasteiger charge is -2.05. The summed E-state index contributed by atoms with van der Waals surface area (Å²) >= 11 is 0. The SMILES string of the molecule is COc1ccc2c(c1)c(/C=C1/C(=O)Nc3ccc(S(N)(=O)=O)cc31)cn2CCCC(=O)O. The molecule has 1 aliphatic heterocycles. The van der Waals surface area contributed by atoms with E-state index < -0.39 is 16.0 Å². The van der Waals surface area contributed by atoms with Crippen molar-refractivity contribution in [3.05, 3.63) is 53.7 Å². The van der Waals surface area contributed by atoms with Gasteiger partial charge in [0.15, 0.2) is 0 Å². The summed E-state index contributed by atoms with van der Waals surface area (Å²) in [7, 11) is -2.38. The molecule has 2 aromatic carbocycles. The average molecular weight is 455 g/mol. The van der Waals surface area contributed by atoms with Crippen LogP contribution in [0.2, 0.25) is 0 Å². The van der Waals surface area contributed by atoms with Crippen LogP contribution in [0.25, 0.3) is 22.6 Å². The molecule has 0 fully saturated rings. The van der Waals surface area contributed by atoms with Gasteiger partial charge in [-0.05, 0) is 48.9 Å². The normalized spacial score (nSPS) is 14.6. The minimum atomic E-state index is -3.93. The molecule has 10 heteroatoms. The van der Waals surface area contributed by atoms with E-state index in [-0.39, 0.29) is 17.2 Å². The summed E-state index contributed by atoms with van der Waals surface area (Å²) in [6.45, 7) is 0.483. The first-order chi connectivity index (χ1) is 15.2. The molecule has 4 N–H and O–H groups in total. The topological polar surface area (TPSA) is 141 Å². The van der Waals surface area contributed by atoms with Gasteiger partial charge in [0.25, 0.3) is 5.91 Å². The molecule has 2 heterocycles. The Bertz CT molecular complexity index is 1390. The van der Waals surface area contributed by atoms with Gasteiger partial charge >= 0.3 is 5.97 Å². The molecule has 32 heavy (non-hydrogen) atoms. The zero-order valence-electron chi connectivity index (χ0n) is 17.2. The van der Waals surface area contributed by atoms with Crippen molar-refractivity contribution in [2.45, 2.75) is 24.3 Å². The van der Waals surface area contributed by atoms with E-state index in [2.05, 4.69) is 5.32 Å². The van der Waals surface area contributed by atoms with Gasteiger partial charge in [-0.1, -0.05) is 0 Å². The molecule has 166 valence electrons. The van der Waals surface area contributed by atoms with Crippen LogP contribution >= 0.6 is 0 Å². The van der Waals surface area contributed by atoms with Crippen LogP contribution in [0, 0.1) is 0 Å². The van der Waals surface area contributed by atoms with Crippen molar-refractivity contribution in [3.63, 3.8) is 0 Å². The molecule has 0 atom stereocenters. The molecular weight excluding hydrogens is 434 g/mol. The number of ether oxygens (including phenoxy) is 1. The van der Waals surface area contributed by atoms with E-state index >= 15 is 0 Å². The lowest BCUT2D eigenvalue weighted by Crippen LogP contribution is -2.12. The summed E-state index contributed by atoms with van der Waals surface area (Å²) in [5.74, 6) is -0.593. The molecule has 0 aliphatic carbocycles. The van der Waals surface area contributed by atoms with Crippen LogP contribution < -0.4 is 15.2 Å². The Morgan fingerprint density at radius 2 is 2.03 bits per heavy atom. The number of carboxylic acid groups (broad SMARTS) is 1. The number of nitrogens with one attached hydrogen (secondary N) is 1. The Labute approximate surface area is 184 Å². The molecule has 0 spiro atoms. The number of methoxy groups -OCH3 is 1. The first-order valence-corrected chi connectivity index (χ1v) is 11.3. The Morgan fingerprint density at radius 1 is 1.25 bits per heavy atom. The monoisotopic (exact) mass is 455 g/mol. The van der Waals surface area contributed by atoms with Gasteiger partial charge < -0.3 is 19.7 Å². The number of anilines is 1. The highest BCUT2D eigenvalue weighted by atomic mass is 32.2. The maximum atomic E-state index is 12.7. The number of carbonyl (C=O) groups excluding carboxylic acids is 1. The number of fused-ring (bicyclic) bond motifs is 2. The molecule has 0 bridgehead atoms. The van der Waals surface area contributed by atoms with Gasteiger partial charge in [-0.25, -0.2) is 13.6 Å². The van der Waals surface area contributed by atoms with Crippen molar-refractivity contribution in [2.24, 2.45) is 5.14 Å². The maximum Gasteiger partial charge on any atom is 0.303 e. The summed E-state index contributed by atoms with van der Waals surface area (Å²) in [6.07, 6.45) is 4.01. The van der Waals surface area contributed by atoms with E-state index in [0.717, 1.165) is 10.9 Å². The first-order valence-electron chi connectivity index (χ1n) is 9.76. The van der Waals surface area contributed by atoms with Gasteiger partial charge in [-0.15, -0.1) is 0 Å². The van der Waals surface area contributed by atoms with Gasteiger partial charge in [-0.3, -0.25) is 9.59 Å². The second-order valence-electron chi connectivity index (χ2n) is 7.42. The van der Waals surface area contributed by atoms with E-state index in [1.165, 1.54) is 18.2 Å². The molecule has 0 unspecified atom stereocenters. The largest absolute Gasteiger partial charge is 0.497 e. The molecule has 0 saturated heterocycles. The predicted molar refractivity (Wildman–Crippen MR) is 120 cm³/mol. The molecule has 1 amide bonds. The van der Waals surface area contributed by atoms with Crippen LogP contribution in [-0.4, -0.2) is 37.1 Å². The molecule has 1 aliphatic rings. The predicted octanol–water partition coefficient (Wildman–Crippen LogP) is 2.65. The van der Waals surface area contributed by atoms with Crippen LogP contribution in [0.15, 0.2) is 47.5 Å². The highest BCUT2D eigenvalue weighted by Crippen LogP contribution is 2.36. The number of sulfonamides is 1. The fourth-order valence-corrected chi connectivity index (χ4v) is 4.31. The number of rotatable bonds is 7. The minimum Gasteiger partial charge on any atom is -0.497 e. The number of hydrogen-bond donors (Lipinski definition) is 3. The van der Waals surface area contributed by atoms with E-state index in [0.29, 0.717) is 41.1 Å². The van der Waals surface area contributed by atoms with Crippen LogP contribution in [0.3, 0.4) is 0 Å². The second-order valence-corrected chi connectivity index (χ2v) is 8.98. The number of amides is 1. The number of carbonyl (C=O) groups is 2. The van der Waals surface area contributed by atoms with Crippen LogP contribution in [0.5, 0.6) is 5.75 Å². The van der Waals surface area contributed by atoms with Gasteiger partial charge in [0, 0.05) is 52.5 Å². The maximum absolute atomic E-state index is 12.7. The van der Waals surface area contributed by atoms with E-state index in [1.807, 2.05) is 29.0 Å². The van der Waals surface area contributed by atoms with Crippen LogP contribution in [-0.2, 0) is 26.2 Å². The summed E-state index contributed by atoms with van der Waals surface area (Å²) in [6, 6.07) is 9.75. The number of aliphatic carboxylic acids is 1. The van der Waals surface area contributed by atoms with Crippen LogP contribution in [0.4, 0.5) is 5.69 Å². The van der Waals surface area contributed by atoms with Gasteiger partial charge in [0.05, 0.1) is 12.0 Å². The van der Waals surface area contributed by atoms with Crippen molar-refractivity contribution in [2.75, 3.05) is 12.4 Å². The average Bonchev–Trinajstić information content (AvgIpc) is 3.23. The lowest BCUT2D eigenvalue weighted by molar-refractivity contribution is -0.137. The third kappa shape index (κ3) is 4.10. The molecule has 9 nitrogen and oxygen atoms in total. The Morgan fingerprint density at radius 3 is 2.72 bits per heavy atom. The lowest BCUT2D eigenvalue weighted by atomic mass is 10.0.